The molecule has 3 rings (SSSR count). The van der Waals surface area contributed by atoms with E-state index in [9.17, 15) is 14.7 Å². The summed E-state index contributed by atoms with van der Waals surface area (Å²) in [6.45, 7) is 3.23. The summed E-state index contributed by atoms with van der Waals surface area (Å²) in [6, 6.07) is 9.23. The van der Waals surface area contributed by atoms with Gasteiger partial charge in [-0.05, 0) is 54.8 Å². The van der Waals surface area contributed by atoms with Gasteiger partial charge < -0.3 is 33.7 Å². The molecule has 2 aromatic carbocycles. The third kappa shape index (κ3) is 5.41. The number of carbonyl (C=O) groups is 2. The maximum absolute atomic E-state index is 13.2. The van der Waals surface area contributed by atoms with E-state index in [1.165, 1.54) is 26.2 Å². The highest BCUT2D eigenvalue weighted by Gasteiger charge is 2.46. The highest BCUT2D eigenvalue weighted by atomic mass is 16.5. The molecule has 1 saturated heterocycles. The normalized spacial score (nSPS) is 16.8. The molecule has 1 N–H and O–H groups in total. The fourth-order valence-electron chi connectivity index (χ4n) is 4.18. The van der Waals surface area contributed by atoms with E-state index in [1.807, 2.05) is 6.92 Å². The number of nitrogens with zero attached hydrogens (tertiary/aromatic N) is 1. The van der Waals surface area contributed by atoms with Crippen LogP contribution in [0.5, 0.6) is 23.0 Å². The molecule has 0 saturated carbocycles. The van der Waals surface area contributed by atoms with Gasteiger partial charge >= 0.3 is 0 Å². The molecule has 0 unspecified atom stereocenters. The number of Topliss-reactive ketones (excluding diaryl/α,β-unsaturated/α-hetero) is 1. The maximum atomic E-state index is 13.2. The molecular formula is C27H33NO8. The van der Waals surface area contributed by atoms with Gasteiger partial charge in [-0.25, -0.2) is 0 Å². The summed E-state index contributed by atoms with van der Waals surface area (Å²) in [4.78, 5) is 27.8. The number of aliphatic hydroxyl groups is 1. The zero-order valence-electron chi connectivity index (χ0n) is 21.3. The van der Waals surface area contributed by atoms with Crippen molar-refractivity contribution in [3.8, 4) is 23.0 Å². The summed E-state index contributed by atoms with van der Waals surface area (Å²) >= 11 is 0. The SMILES string of the molecule is CCCOc1ccc(/C(O)=C2\C(=O)C(=O)N(CCCOC)[C@@H]2c2cc(OC)c(OC)c(OC)c2)cc1. The Bertz CT molecular complexity index is 1080. The number of hydrogen-bond donors (Lipinski definition) is 1. The monoisotopic (exact) mass is 499 g/mol. The van der Waals surface area contributed by atoms with Crippen molar-refractivity contribution in [2.24, 2.45) is 0 Å². The molecule has 1 amide bonds. The van der Waals surface area contributed by atoms with E-state index in [-0.39, 0.29) is 17.9 Å². The molecule has 0 aromatic heterocycles. The largest absolute Gasteiger partial charge is 0.507 e. The highest BCUT2D eigenvalue weighted by Crippen LogP contribution is 2.45. The molecule has 1 aliphatic rings. The van der Waals surface area contributed by atoms with Crippen molar-refractivity contribution in [1.82, 2.24) is 4.90 Å². The average molecular weight is 500 g/mol. The summed E-state index contributed by atoms with van der Waals surface area (Å²) in [5.41, 5.74) is 0.908. The maximum Gasteiger partial charge on any atom is 0.295 e. The zero-order valence-corrected chi connectivity index (χ0v) is 21.3. The summed E-state index contributed by atoms with van der Waals surface area (Å²) in [5.74, 6) is 0.0172. The summed E-state index contributed by atoms with van der Waals surface area (Å²) in [6.07, 6.45) is 1.37. The number of ether oxygens (including phenoxy) is 5. The van der Waals surface area contributed by atoms with Gasteiger partial charge in [-0.2, -0.15) is 0 Å². The van der Waals surface area contributed by atoms with E-state index in [1.54, 1.807) is 43.5 Å². The molecule has 0 spiro atoms. The molecule has 0 aliphatic carbocycles. The molecule has 36 heavy (non-hydrogen) atoms. The fraction of sp³-hybridized carbons (Fsp3) is 0.407. The van der Waals surface area contributed by atoms with Crippen molar-refractivity contribution in [1.29, 1.82) is 0 Å². The summed E-state index contributed by atoms with van der Waals surface area (Å²) in [7, 11) is 6.03. The summed E-state index contributed by atoms with van der Waals surface area (Å²) in [5, 5.41) is 11.3. The van der Waals surface area contributed by atoms with Gasteiger partial charge in [-0.3, -0.25) is 9.59 Å². The Kier molecular flexibility index (Phi) is 9.19. The van der Waals surface area contributed by atoms with E-state index in [0.29, 0.717) is 53.8 Å². The molecule has 9 nitrogen and oxygen atoms in total. The first-order chi connectivity index (χ1) is 17.4. The number of amides is 1. The van der Waals surface area contributed by atoms with Crippen LogP contribution in [0, 0.1) is 0 Å². The third-order valence-electron chi connectivity index (χ3n) is 5.89. The van der Waals surface area contributed by atoms with Gasteiger partial charge in [0.2, 0.25) is 5.75 Å². The topological polar surface area (TPSA) is 104 Å². The Hall–Kier alpha value is -3.72. The van der Waals surface area contributed by atoms with Crippen LogP contribution in [0.3, 0.4) is 0 Å². The van der Waals surface area contributed by atoms with Gasteiger partial charge in [-0.15, -0.1) is 0 Å². The number of ketones is 1. The number of carbonyl (C=O) groups excluding carboxylic acids is 2. The molecule has 2 aromatic rings. The molecule has 1 aliphatic heterocycles. The van der Waals surface area contributed by atoms with E-state index >= 15 is 0 Å². The van der Waals surface area contributed by atoms with E-state index < -0.39 is 17.7 Å². The highest BCUT2D eigenvalue weighted by molar-refractivity contribution is 6.46. The predicted octanol–water partition coefficient (Wildman–Crippen LogP) is 3.96. The number of likely N-dealkylation sites (tertiary alicyclic amines) is 1. The van der Waals surface area contributed by atoms with Gasteiger partial charge in [0.1, 0.15) is 11.5 Å². The van der Waals surface area contributed by atoms with Crippen LogP contribution >= 0.6 is 0 Å². The lowest BCUT2D eigenvalue weighted by molar-refractivity contribution is -0.140. The Morgan fingerprint density at radius 2 is 1.58 bits per heavy atom. The van der Waals surface area contributed by atoms with Crippen LogP contribution in [0.15, 0.2) is 42.0 Å². The van der Waals surface area contributed by atoms with Crippen molar-refractivity contribution in [3.05, 3.63) is 53.1 Å². The van der Waals surface area contributed by atoms with Crippen LogP contribution in [-0.4, -0.2) is 69.9 Å². The molecular weight excluding hydrogens is 466 g/mol. The second-order valence-corrected chi connectivity index (χ2v) is 8.17. The van der Waals surface area contributed by atoms with Crippen molar-refractivity contribution in [2.45, 2.75) is 25.8 Å². The first kappa shape index (κ1) is 26.9. The average Bonchev–Trinajstić information content (AvgIpc) is 3.16. The number of methoxy groups -OCH3 is 4. The van der Waals surface area contributed by atoms with Gasteiger partial charge in [-0.1, -0.05) is 6.92 Å². The lowest BCUT2D eigenvalue weighted by Gasteiger charge is -2.26. The second-order valence-electron chi connectivity index (χ2n) is 8.17. The smallest absolute Gasteiger partial charge is 0.295 e. The molecule has 1 heterocycles. The van der Waals surface area contributed by atoms with Gasteiger partial charge in [0, 0.05) is 25.8 Å². The number of hydrogen-bond acceptors (Lipinski definition) is 8. The third-order valence-corrected chi connectivity index (χ3v) is 5.89. The number of rotatable bonds is 12. The van der Waals surface area contributed by atoms with Gasteiger partial charge in [0.05, 0.1) is 39.6 Å². The quantitative estimate of drug-likeness (QED) is 0.203. The van der Waals surface area contributed by atoms with Crippen molar-refractivity contribution < 1.29 is 38.4 Å². The van der Waals surface area contributed by atoms with E-state index in [2.05, 4.69) is 0 Å². The van der Waals surface area contributed by atoms with Crippen LogP contribution in [0.25, 0.3) is 5.76 Å². The van der Waals surface area contributed by atoms with Gasteiger partial charge in [0.15, 0.2) is 11.5 Å². The lowest BCUT2D eigenvalue weighted by Crippen LogP contribution is -2.31. The lowest BCUT2D eigenvalue weighted by atomic mass is 9.94. The Balaban J connectivity index is 2.16. The molecule has 1 atom stereocenters. The number of aliphatic hydroxyl groups excluding tert-OH is 1. The fourth-order valence-corrected chi connectivity index (χ4v) is 4.18. The van der Waals surface area contributed by atoms with E-state index in [4.69, 9.17) is 23.7 Å². The molecule has 194 valence electrons. The second kappa shape index (κ2) is 12.3. The Morgan fingerprint density at radius 3 is 2.11 bits per heavy atom. The van der Waals surface area contributed by atoms with Crippen molar-refractivity contribution >= 4 is 17.4 Å². The minimum absolute atomic E-state index is 0.0195. The van der Waals surface area contributed by atoms with Crippen LogP contribution < -0.4 is 18.9 Å². The molecule has 9 heteroatoms. The molecule has 1 fully saturated rings. The first-order valence-electron chi connectivity index (χ1n) is 11.7. The Morgan fingerprint density at radius 1 is 0.944 bits per heavy atom. The van der Waals surface area contributed by atoms with Crippen LogP contribution in [0.1, 0.15) is 36.9 Å². The van der Waals surface area contributed by atoms with Crippen molar-refractivity contribution in [2.75, 3.05) is 48.2 Å². The van der Waals surface area contributed by atoms with Gasteiger partial charge in [0.25, 0.3) is 11.7 Å². The van der Waals surface area contributed by atoms with E-state index in [0.717, 1.165) is 6.42 Å². The predicted molar refractivity (Wildman–Crippen MR) is 134 cm³/mol. The molecule has 0 bridgehead atoms. The van der Waals surface area contributed by atoms with Crippen LogP contribution in [0.2, 0.25) is 0 Å². The minimum atomic E-state index is -0.869. The first-order valence-corrected chi connectivity index (χ1v) is 11.7. The number of benzene rings is 2. The summed E-state index contributed by atoms with van der Waals surface area (Å²) < 4.78 is 27.1. The zero-order chi connectivity index (χ0) is 26.2. The van der Waals surface area contributed by atoms with Crippen LogP contribution in [-0.2, 0) is 14.3 Å². The standard InChI is InChI=1S/C27H33NO8/c1-6-13-36-19-10-8-17(9-11-19)24(29)22-23(28(12-7-14-32-2)27(31)25(22)30)18-15-20(33-3)26(35-5)21(16-18)34-4/h8-11,15-16,23,29H,6-7,12-14H2,1-5H3/b24-22+/t23-/m1/s1. The van der Waals surface area contributed by atoms with Crippen LogP contribution in [0.4, 0.5) is 0 Å². The Labute approximate surface area is 211 Å². The van der Waals surface area contributed by atoms with Crippen molar-refractivity contribution in [3.63, 3.8) is 0 Å². The minimum Gasteiger partial charge on any atom is -0.507 e. The molecule has 0 radical (unpaired) electrons.